The summed E-state index contributed by atoms with van der Waals surface area (Å²) in [5.74, 6) is 0.255. The molecule has 1 aromatic heterocycles. The Morgan fingerprint density at radius 2 is 1.07 bits per heavy atom. The smallest absolute Gasteiger partial charge is 0.123 e. The highest BCUT2D eigenvalue weighted by Crippen LogP contribution is 2.49. The van der Waals surface area contributed by atoms with E-state index in [0.29, 0.717) is 44.4 Å². The summed E-state index contributed by atoms with van der Waals surface area (Å²) in [5.41, 5.74) is 4.80. The molecule has 5 rings (SSSR count). The highest BCUT2D eigenvalue weighted by Gasteiger charge is 2.24. The third-order valence-corrected chi connectivity index (χ3v) is 5.16. The van der Waals surface area contributed by atoms with Crippen LogP contribution in [0.5, 0.6) is 17.2 Å². The van der Waals surface area contributed by atoms with Crippen molar-refractivity contribution in [1.82, 2.24) is 15.4 Å². The Hall–Kier alpha value is -4.32. The van der Waals surface area contributed by atoms with Gasteiger partial charge in [0.1, 0.15) is 22.8 Å². The van der Waals surface area contributed by atoms with E-state index in [2.05, 4.69) is 15.4 Å². The average molecular weight is 395 g/mol. The minimum Gasteiger partial charge on any atom is -0.507 e. The second-order valence-electron chi connectivity index (χ2n) is 6.93. The first kappa shape index (κ1) is 17.8. The van der Waals surface area contributed by atoms with Crippen LogP contribution in [-0.4, -0.2) is 30.7 Å². The van der Waals surface area contributed by atoms with Crippen molar-refractivity contribution in [1.29, 1.82) is 0 Å². The molecule has 0 aliphatic carbocycles. The largest absolute Gasteiger partial charge is 0.507 e. The molecule has 30 heavy (non-hydrogen) atoms. The minimum absolute atomic E-state index is 0.0768. The molecule has 4 aromatic carbocycles. The monoisotopic (exact) mass is 395 g/mol. The summed E-state index contributed by atoms with van der Waals surface area (Å²) in [6, 6.07) is 22.8. The van der Waals surface area contributed by atoms with E-state index in [-0.39, 0.29) is 17.2 Å². The van der Waals surface area contributed by atoms with Crippen molar-refractivity contribution in [3.8, 4) is 50.6 Å². The lowest BCUT2D eigenvalue weighted by molar-refractivity contribution is 0.475. The lowest BCUT2D eigenvalue weighted by atomic mass is 9.85. The molecule has 1 heterocycles. The molecular weight excluding hydrogens is 378 g/mol. The second kappa shape index (κ2) is 6.93. The number of benzene rings is 4. The van der Waals surface area contributed by atoms with Gasteiger partial charge in [0.15, 0.2) is 0 Å². The number of phenolic OH excluding ortho intramolecular Hbond substituents is 3. The summed E-state index contributed by atoms with van der Waals surface area (Å²) in [7, 11) is 0. The van der Waals surface area contributed by atoms with Crippen molar-refractivity contribution in [3.63, 3.8) is 0 Å². The highest BCUT2D eigenvalue weighted by atomic mass is 16.3. The van der Waals surface area contributed by atoms with Gasteiger partial charge < -0.3 is 15.3 Å². The molecule has 0 unspecified atom stereocenters. The molecule has 0 aliphatic rings. The summed E-state index contributed by atoms with van der Waals surface area (Å²) < 4.78 is 0. The van der Waals surface area contributed by atoms with Gasteiger partial charge in [0.25, 0.3) is 0 Å². The van der Waals surface area contributed by atoms with Gasteiger partial charge >= 0.3 is 0 Å². The molecule has 0 spiro atoms. The number of para-hydroxylation sites is 3. The summed E-state index contributed by atoms with van der Waals surface area (Å²) >= 11 is 0. The zero-order valence-electron chi connectivity index (χ0n) is 15.7. The number of fused-ring (bicyclic) bond motifs is 1. The fourth-order valence-electron chi connectivity index (χ4n) is 3.82. The number of rotatable bonds is 3. The molecule has 4 N–H and O–H groups in total. The molecular formula is C24H17N3O3. The van der Waals surface area contributed by atoms with Crippen molar-refractivity contribution < 1.29 is 15.3 Å². The molecule has 0 saturated carbocycles. The van der Waals surface area contributed by atoms with Crippen molar-refractivity contribution >= 4 is 11.0 Å². The first-order valence-corrected chi connectivity index (χ1v) is 9.38. The normalized spacial score (nSPS) is 11.1. The lowest BCUT2D eigenvalue weighted by Crippen LogP contribution is -1.94. The Balaban J connectivity index is 2.01. The maximum atomic E-state index is 10.7. The number of nitrogens with one attached hydrogen (secondary N) is 1. The Morgan fingerprint density at radius 1 is 0.567 bits per heavy atom. The summed E-state index contributed by atoms with van der Waals surface area (Å²) in [6.45, 7) is 0. The first-order chi connectivity index (χ1) is 14.6. The Labute approximate surface area is 171 Å². The number of H-pyrrole nitrogens is 1. The molecule has 6 nitrogen and oxygen atoms in total. The molecule has 6 heteroatoms. The molecule has 0 saturated heterocycles. The Morgan fingerprint density at radius 3 is 1.63 bits per heavy atom. The molecule has 0 amide bonds. The molecule has 0 aliphatic heterocycles. The number of aromatic nitrogens is 3. The van der Waals surface area contributed by atoms with Gasteiger partial charge in [0, 0.05) is 27.8 Å². The van der Waals surface area contributed by atoms with Crippen LogP contribution in [0.1, 0.15) is 0 Å². The van der Waals surface area contributed by atoms with Crippen LogP contribution in [0.15, 0.2) is 78.9 Å². The van der Waals surface area contributed by atoms with Crippen LogP contribution in [-0.2, 0) is 0 Å². The Kier molecular flexibility index (Phi) is 4.10. The average Bonchev–Trinajstić information content (AvgIpc) is 3.22. The van der Waals surface area contributed by atoms with Gasteiger partial charge in [0.05, 0.1) is 5.52 Å². The zero-order valence-corrected chi connectivity index (χ0v) is 15.7. The fourth-order valence-corrected chi connectivity index (χ4v) is 3.82. The first-order valence-electron chi connectivity index (χ1n) is 9.38. The van der Waals surface area contributed by atoms with E-state index in [0.717, 1.165) is 0 Å². The van der Waals surface area contributed by atoms with E-state index in [1.165, 1.54) is 0 Å². The number of nitrogens with zero attached hydrogens (tertiary/aromatic N) is 2. The van der Waals surface area contributed by atoms with Gasteiger partial charge in [-0.1, -0.05) is 59.8 Å². The summed E-state index contributed by atoms with van der Waals surface area (Å²) in [6.07, 6.45) is 0. The molecule has 0 radical (unpaired) electrons. The van der Waals surface area contributed by atoms with Crippen LogP contribution in [0.3, 0.4) is 0 Å². The van der Waals surface area contributed by atoms with Gasteiger partial charge in [0.2, 0.25) is 0 Å². The number of aromatic amines is 1. The van der Waals surface area contributed by atoms with E-state index in [1.807, 2.05) is 24.3 Å². The van der Waals surface area contributed by atoms with Gasteiger partial charge in [-0.15, -0.1) is 5.10 Å². The summed E-state index contributed by atoms with van der Waals surface area (Å²) in [4.78, 5) is 0. The SMILES string of the molecule is Oc1ccccc1-c1cc2[nH]nnc2c(-c2ccccc2O)c1-c1ccccc1O. The van der Waals surface area contributed by atoms with E-state index in [1.54, 1.807) is 54.6 Å². The van der Waals surface area contributed by atoms with Gasteiger partial charge in [-0.25, -0.2) is 0 Å². The van der Waals surface area contributed by atoms with Crippen LogP contribution < -0.4 is 0 Å². The van der Waals surface area contributed by atoms with Crippen molar-refractivity contribution in [2.24, 2.45) is 0 Å². The van der Waals surface area contributed by atoms with Crippen LogP contribution >= 0.6 is 0 Å². The maximum Gasteiger partial charge on any atom is 0.123 e. The van der Waals surface area contributed by atoms with Crippen LogP contribution in [0.4, 0.5) is 0 Å². The van der Waals surface area contributed by atoms with Gasteiger partial charge in [-0.2, -0.15) is 0 Å². The molecule has 5 aromatic rings. The zero-order chi connectivity index (χ0) is 20.7. The molecule has 0 fully saturated rings. The number of phenols is 3. The van der Waals surface area contributed by atoms with Crippen LogP contribution in [0.25, 0.3) is 44.4 Å². The minimum atomic E-state index is 0.0768. The van der Waals surface area contributed by atoms with Crippen molar-refractivity contribution in [2.45, 2.75) is 0 Å². The highest BCUT2D eigenvalue weighted by molar-refractivity contribution is 6.09. The van der Waals surface area contributed by atoms with Crippen LogP contribution in [0.2, 0.25) is 0 Å². The van der Waals surface area contributed by atoms with E-state index < -0.39 is 0 Å². The number of hydrogen-bond acceptors (Lipinski definition) is 5. The lowest BCUT2D eigenvalue weighted by Gasteiger charge is -2.18. The van der Waals surface area contributed by atoms with Crippen LogP contribution in [0, 0.1) is 0 Å². The third kappa shape index (κ3) is 2.74. The number of aromatic hydroxyl groups is 3. The Bertz CT molecular complexity index is 1390. The van der Waals surface area contributed by atoms with Gasteiger partial charge in [-0.05, 0) is 29.8 Å². The maximum absolute atomic E-state index is 10.7. The van der Waals surface area contributed by atoms with E-state index in [9.17, 15) is 15.3 Å². The second-order valence-corrected chi connectivity index (χ2v) is 6.93. The molecule has 0 bridgehead atoms. The summed E-state index contributed by atoms with van der Waals surface area (Å²) in [5, 5.41) is 43.0. The van der Waals surface area contributed by atoms with Crippen molar-refractivity contribution in [2.75, 3.05) is 0 Å². The van der Waals surface area contributed by atoms with Crippen molar-refractivity contribution in [3.05, 3.63) is 78.9 Å². The van der Waals surface area contributed by atoms with E-state index in [4.69, 9.17) is 0 Å². The van der Waals surface area contributed by atoms with Gasteiger partial charge in [-0.3, -0.25) is 5.10 Å². The number of hydrogen-bond donors (Lipinski definition) is 4. The standard InChI is InChI=1S/C24H17N3O3/c28-19-10-4-1-7-14(19)17-13-18-24(26-27-25-18)23(16-9-3-6-12-21(16)30)22(17)15-8-2-5-11-20(15)29/h1-13,28-30H,(H,25,26,27). The van der Waals surface area contributed by atoms with E-state index >= 15 is 0 Å². The fraction of sp³-hybridized carbons (Fsp3) is 0. The molecule has 0 atom stereocenters. The quantitative estimate of drug-likeness (QED) is 0.341. The topological polar surface area (TPSA) is 102 Å². The molecule has 146 valence electrons. The third-order valence-electron chi connectivity index (χ3n) is 5.16. The predicted octanol–water partition coefficient (Wildman–Crippen LogP) is 5.08. The predicted molar refractivity (Wildman–Crippen MR) is 115 cm³/mol.